The van der Waals surface area contributed by atoms with Crippen molar-refractivity contribution in [2.24, 2.45) is 0 Å². The Hall–Kier alpha value is -0.0800. The van der Waals surface area contributed by atoms with Gasteiger partial charge in [-0.05, 0) is 27.7 Å². The Balaban J connectivity index is -0.000000218. The van der Waals surface area contributed by atoms with E-state index in [0.29, 0.717) is 13.2 Å². The van der Waals surface area contributed by atoms with E-state index in [1.54, 1.807) is 0 Å². The summed E-state index contributed by atoms with van der Waals surface area (Å²) in [6.45, 7) is 17.2. The zero-order chi connectivity index (χ0) is 11.3. The molecule has 0 unspecified atom stereocenters. The molecule has 0 amide bonds. The third kappa shape index (κ3) is 18.7. The lowest BCUT2D eigenvalue weighted by molar-refractivity contribution is -0.207. The number of hydrogen-bond acceptors (Lipinski definition) is 2. The van der Waals surface area contributed by atoms with E-state index in [4.69, 9.17) is 9.47 Å². The second kappa shape index (κ2) is 14.4. The maximum atomic E-state index is 5.25. The Morgan fingerprint density at radius 1 is 0.769 bits per heavy atom. The first-order chi connectivity index (χ1) is 6.12. The van der Waals surface area contributed by atoms with Gasteiger partial charge in [0.25, 0.3) is 0 Å². The molecule has 0 aliphatic heterocycles. The molecule has 0 saturated heterocycles. The van der Waals surface area contributed by atoms with Crippen molar-refractivity contribution in [3.8, 4) is 0 Å². The fourth-order valence-corrected chi connectivity index (χ4v) is 0.737. The Labute approximate surface area is 84.6 Å². The van der Waals surface area contributed by atoms with Crippen LogP contribution < -0.4 is 0 Å². The maximum Gasteiger partial charge on any atom is 0.162 e. The molecule has 0 saturated carbocycles. The van der Waals surface area contributed by atoms with E-state index in [2.05, 4.69) is 0 Å². The summed E-state index contributed by atoms with van der Waals surface area (Å²) in [6, 6.07) is 0. The normalized spacial score (nSPS) is 9.23. The van der Waals surface area contributed by atoms with Crippen LogP contribution in [0, 0.1) is 0 Å². The minimum absolute atomic E-state index is 0.399. The monoisotopic (exact) mass is 192 g/mol. The highest BCUT2D eigenvalue weighted by Gasteiger charge is 2.15. The second-order valence-corrected chi connectivity index (χ2v) is 2.27. The highest BCUT2D eigenvalue weighted by Crippen LogP contribution is 2.09. The van der Waals surface area contributed by atoms with Crippen LogP contribution in [-0.2, 0) is 9.47 Å². The van der Waals surface area contributed by atoms with Crippen LogP contribution in [0.25, 0.3) is 0 Å². The summed E-state index contributed by atoms with van der Waals surface area (Å²) in [5.41, 5.74) is 0. The molecule has 0 heterocycles. The Morgan fingerprint density at radius 3 is 1.15 bits per heavy atom. The van der Waals surface area contributed by atoms with Crippen molar-refractivity contribution >= 4 is 0 Å². The summed E-state index contributed by atoms with van der Waals surface area (Å²) >= 11 is 0. The molecule has 0 aromatic rings. The van der Waals surface area contributed by atoms with Gasteiger partial charge in [-0.25, -0.2) is 0 Å². The molecule has 13 heavy (non-hydrogen) atoms. The van der Waals surface area contributed by atoms with Crippen molar-refractivity contribution in [2.75, 3.05) is 13.2 Å². The summed E-state index contributed by atoms with van der Waals surface area (Å²) in [4.78, 5) is 0. The molecule has 0 aliphatic carbocycles. The van der Waals surface area contributed by atoms with Gasteiger partial charge in [0.15, 0.2) is 5.79 Å². The van der Waals surface area contributed by atoms with Gasteiger partial charge in [-0.1, -0.05) is 27.7 Å². The molecule has 0 spiro atoms. The fraction of sp³-hybridized carbons (Fsp3) is 1.00. The van der Waals surface area contributed by atoms with Crippen molar-refractivity contribution in [3.05, 3.63) is 0 Å². The number of hydrogen-bond donors (Lipinski definition) is 0. The average molecular weight is 192 g/mol. The van der Waals surface area contributed by atoms with Gasteiger partial charge in [0.2, 0.25) is 0 Å². The Kier molecular flexibility index (Phi) is 20.7. The van der Waals surface area contributed by atoms with Crippen molar-refractivity contribution in [3.63, 3.8) is 0 Å². The van der Waals surface area contributed by atoms with Crippen LogP contribution in [0.3, 0.4) is 0 Å². The molecule has 2 heteroatoms. The minimum atomic E-state index is -0.399. The molecule has 0 bridgehead atoms. The summed E-state index contributed by atoms with van der Waals surface area (Å²) in [6.07, 6.45) is 0. The van der Waals surface area contributed by atoms with Crippen molar-refractivity contribution in [1.82, 2.24) is 0 Å². The van der Waals surface area contributed by atoms with Crippen molar-refractivity contribution in [1.29, 1.82) is 0 Å². The third-order valence-electron chi connectivity index (χ3n) is 0.984. The molecule has 0 aliphatic rings. The van der Waals surface area contributed by atoms with Gasteiger partial charge < -0.3 is 9.47 Å². The topological polar surface area (TPSA) is 18.5 Å². The molecular weight excluding hydrogens is 164 g/mol. The van der Waals surface area contributed by atoms with E-state index in [1.807, 2.05) is 55.4 Å². The predicted octanol–water partition coefficient (Wildman–Crippen LogP) is 3.85. The molecule has 0 rings (SSSR count). The molecule has 0 aromatic heterocycles. The number of ether oxygens (including phenoxy) is 2. The largest absolute Gasteiger partial charge is 0.351 e. The van der Waals surface area contributed by atoms with E-state index in [9.17, 15) is 0 Å². The predicted molar refractivity (Wildman–Crippen MR) is 60.0 cm³/mol. The second-order valence-electron chi connectivity index (χ2n) is 2.27. The average Bonchev–Trinajstić information content (AvgIpc) is 2.11. The fourth-order valence-electron chi connectivity index (χ4n) is 0.737. The smallest absolute Gasteiger partial charge is 0.162 e. The van der Waals surface area contributed by atoms with E-state index in [1.165, 1.54) is 0 Å². The van der Waals surface area contributed by atoms with Gasteiger partial charge in [-0.3, -0.25) is 0 Å². The quantitative estimate of drug-likeness (QED) is 0.630. The lowest BCUT2D eigenvalue weighted by atomic mass is 10.4. The van der Waals surface area contributed by atoms with E-state index >= 15 is 0 Å². The van der Waals surface area contributed by atoms with Gasteiger partial charge in [0.1, 0.15) is 0 Å². The van der Waals surface area contributed by atoms with Crippen LogP contribution in [0.5, 0.6) is 0 Å². The first kappa shape index (κ1) is 18.7. The van der Waals surface area contributed by atoms with Gasteiger partial charge in [0.05, 0.1) is 0 Å². The van der Waals surface area contributed by atoms with Gasteiger partial charge >= 0.3 is 0 Å². The van der Waals surface area contributed by atoms with Crippen LogP contribution in [0.15, 0.2) is 0 Å². The van der Waals surface area contributed by atoms with E-state index in [0.717, 1.165) is 0 Å². The van der Waals surface area contributed by atoms with Crippen LogP contribution in [-0.4, -0.2) is 19.0 Å². The third-order valence-corrected chi connectivity index (χ3v) is 0.984. The molecule has 84 valence electrons. The van der Waals surface area contributed by atoms with Gasteiger partial charge in [-0.2, -0.15) is 0 Å². The zero-order valence-electron chi connectivity index (χ0n) is 10.7. The van der Waals surface area contributed by atoms with Crippen LogP contribution >= 0.6 is 0 Å². The molecule has 0 atom stereocenters. The molecule has 2 nitrogen and oxygen atoms in total. The summed E-state index contributed by atoms with van der Waals surface area (Å²) < 4.78 is 10.5. The van der Waals surface area contributed by atoms with E-state index < -0.39 is 5.79 Å². The van der Waals surface area contributed by atoms with Crippen LogP contribution in [0.2, 0.25) is 0 Å². The van der Waals surface area contributed by atoms with Gasteiger partial charge in [-0.15, -0.1) is 0 Å². The molecule has 0 radical (unpaired) electrons. The minimum Gasteiger partial charge on any atom is -0.351 e. The van der Waals surface area contributed by atoms with Gasteiger partial charge in [0, 0.05) is 13.2 Å². The first-order valence-electron chi connectivity index (χ1n) is 5.40. The molecule has 0 aromatic carbocycles. The summed E-state index contributed by atoms with van der Waals surface area (Å²) in [7, 11) is 0. The summed E-state index contributed by atoms with van der Waals surface area (Å²) in [5, 5.41) is 0. The van der Waals surface area contributed by atoms with Crippen LogP contribution in [0.1, 0.15) is 55.4 Å². The maximum absolute atomic E-state index is 5.25. The first-order valence-corrected chi connectivity index (χ1v) is 5.40. The van der Waals surface area contributed by atoms with E-state index in [-0.39, 0.29) is 0 Å². The Bertz CT molecular complexity index is 62.5. The molecular formula is C11H28O2. The number of rotatable bonds is 4. The highest BCUT2D eigenvalue weighted by molar-refractivity contribution is 4.50. The molecule has 0 fully saturated rings. The van der Waals surface area contributed by atoms with Crippen molar-refractivity contribution in [2.45, 2.75) is 61.2 Å². The highest BCUT2D eigenvalue weighted by atomic mass is 16.7. The summed E-state index contributed by atoms with van der Waals surface area (Å²) in [5.74, 6) is -0.399. The standard InChI is InChI=1S/C7H16O2.2C2H6/c1-5-8-7(3,4)9-6-2;2*1-2/h5-6H2,1-4H3;2*1-2H3. The van der Waals surface area contributed by atoms with Crippen molar-refractivity contribution < 1.29 is 9.47 Å². The Morgan fingerprint density at radius 2 is 1.00 bits per heavy atom. The SMILES string of the molecule is CC.CC.CCOC(C)(C)OCC. The lowest BCUT2D eigenvalue weighted by Crippen LogP contribution is -2.28. The zero-order valence-corrected chi connectivity index (χ0v) is 10.7. The molecule has 0 N–H and O–H groups in total. The lowest BCUT2D eigenvalue weighted by Gasteiger charge is -2.23. The van der Waals surface area contributed by atoms with Crippen LogP contribution in [0.4, 0.5) is 0 Å².